The van der Waals surface area contributed by atoms with Crippen molar-refractivity contribution in [1.82, 2.24) is 24.9 Å². The van der Waals surface area contributed by atoms with Gasteiger partial charge < -0.3 is 10.1 Å². The Morgan fingerprint density at radius 2 is 1.77 bits per heavy atom. The van der Waals surface area contributed by atoms with Gasteiger partial charge in [-0.3, -0.25) is 0 Å². The Morgan fingerprint density at radius 1 is 1.03 bits per heavy atom. The summed E-state index contributed by atoms with van der Waals surface area (Å²) in [6, 6.07) is 3.37. The first-order valence-corrected chi connectivity index (χ1v) is 9.99. The fourth-order valence-electron chi connectivity index (χ4n) is 3.01. The minimum absolute atomic E-state index is 0.405. The normalized spacial score (nSPS) is 12.7. The smallest absolute Gasteiger partial charge is 0.451 e. The molecule has 1 atom stereocenters. The maximum absolute atomic E-state index is 12.7. The molecule has 0 saturated heterocycles. The summed E-state index contributed by atoms with van der Waals surface area (Å²) in [5, 5.41) is 4.74. The van der Waals surface area contributed by atoms with Gasteiger partial charge in [0.25, 0.3) is 0 Å². The van der Waals surface area contributed by atoms with Crippen LogP contribution in [0.1, 0.15) is 29.2 Å². The molecule has 1 unspecified atom stereocenters. The van der Waals surface area contributed by atoms with Gasteiger partial charge >= 0.3 is 6.18 Å². The highest BCUT2D eigenvalue weighted by atomic mass is 32.1. The number of ether oxygens (including phenoxy) is 1. The van der Waals surface area contributed by atoms with Crippen molar-refractivity contribution in [3.8, 4) is 16.3 Å². The van der Waals surface area contributed by atoms with Crippen LogP contribution in [0.15, 0.2) is 37.1 Å². The summed E-state index contributed by atoms with van der Waals surface area (Å²) in [7, 11) is 1.56. The number of alkyl halides is 3. The quantitative estimate of drug-likeness (QED) is 0.459. The number of methoxy groups -OCH3 is 1. The van der Waals surface area contributed by atoms with Crippen molar-refractivity contribution in [1.29, 1.82) is 0 Å². The molecular formula is C20H17F3N6OS. The van der Waals surface area contributed by atoms with E-state index in [0.717, 1.165) is 27.8 Å². The molecule has 1 N–H and O–H groups in total. The summed E-state index contributed by atoms with van der Waals surface area (Å²) in [6.07, 6.45) is 0.919. The van der Waals surface area contributed by atoms with Crippen molar-refractivity contribution in [2.75, 3.05) is 12.4 Å². The summed E-state index contributed by atoms with van der Waals surface area (Å²) in [6.45, 7) is 3.76. The van der Waals surface area contributed by atoms with Gasteiger partial charge in [-0.1, -0.05) is 0 Å². The molecule has 3 heterocycles. The van der Waals surface area contributed by atoms with Crippen LogP contribution in [0.2, 0.25) is 0 Å². The summed E-state index contributed by atoms with van der Waals surface area (Å²) >= 11 is 1.55. The highest BCUT2D eigenvalue weighted by Gasteiger charge is 2.34. The third-order valence-corrected chi connectivity index (χ3v) is 5.53. The number of anilines is 1. The highest BCUT2D eigenvalue weighted by molar-refractivity contribution is 7.14. The number of nitrogens with zero attached hydrogens (tertiary/aromatic N) is 5. The standard InChI is InChI=1S/C20H17F3N6OS/c1-10-6-24-18(31-10)12-4-14-16(15(5-12)30-3)27-9-28-17(14)29-11(2)13-7-25-19(26-8-13)20(21,22)23/h4-9,11H,1-3H3,(H,27,28,29). The lowest BCUT2D eigenvalue weighted by atomic mass is 10.1. The molecule has 1 aromatic carbocycles. The SMILES string of the molecule is COc1cc(-c2ncc(C)s2)cc2c(NC(C)c3cnc(C(F)(F)F)nc3)ncnc12. The molecule has 7 nitrogen and oxygen atoms in total. The number of halogens is 3. The van der Waals surface area contributed by atoms with Crippen molar-refractivity contribution >= 4 is 28.1 Å². The predicted molar refractivity (Wildman–Crippen MR) is 111 cm³/mol. The van der Waals surface area contributed by atoms with Crippen molar-refractivity contribution in [3.63, 3.8) is 0 Å². The van der Waals surface area contributed by atoms with E-state index in [4.69, 9.17) is 4.74 Å². The molecule has 4 rings (SSSR count). The van der Waals surface area contributed by atoms with Crippen molar-refractivity contribution < 1.29 is 17.9 Å². The molecule has 4 aromatic rings. The van der Waals surface area contributed by atoms with Gasteiger partial charge in [0.15, 0.2) is 0 Å². The molecule has 160 valence electrons. The van der Waals surface area contributed by atoms with Crippen LogP contribution in [0.4, 0.5) is 19.0 Å². The van der Waals surface area contributed by atoms with Crippen molar-refractivity contribution in [2.45, 2.75) is 26.1 Å². The zero-order valence-electron chi connectivity index (χ0n) is 16.7. The van der Waals surface area contributed by atoms with Gasteiger partial charge in [-0.05, 0) is 26.0 Å². The third kappa shape index (κ3) is 4.26. The number of aromatic nitrogens is 5. The molecule has 0 aliphatic carbocycles. The average Bonchev–Trinajstić information content (AvgIpc) is 3.19. The van der Waals surface area contributed by atoms with E-state index in [1.165, 1.54) is 6.33 Å². The number of thiazole rings is 1. The monoisotopic (exact) mass is 446 g/mol. The molecule has 0 spiro atoms. The Labute approximate surface area is 179 Å². The van der Waals surface area contributed by atoms with Crippen molar-refractivity contribution in [3.05, 3.63) is 53.3 Å². The first kappa shape index (κ1) is 20.9. The zero-order chi connectivity index (χ0) is 22.2. The molecule has 0 fully saturated rings. The number of rotatable bonds is 5. The fourth-order valence-corrected chi connectivity index (χ4v) is 3.77. The molecule has 0 radical (unpaired) electrons. The first-order chi connectivity index (χ1) is 14.8. The number of benzene rings is 1. The van der Waals surface area contributed by atoms with Crippen LogP contribution in [0.5, 0.6) is 5.75 Å². The Morgan fingerprint density at radius 3 is 2.39 bits per heavy atom. The van der Waals surface area contributed by atoms with E-state index in [-0.39, 0.29) is 0 Å². The first-order valence-electron chi connectivity index (χ1n) is 9.17. The molecule has 0 amide bonds. The number of nitrogens with one attached hydrogen (secondary N) is 1. The van der Waals surface area contributed by atoms with E-state index in [0.29, 0.717) is 28.0 Å². The largest absolute Gasteiger partial charge is 0.494 e. The van der Waals surface area contributed by atoms with Gasteiger partial charge in [-0.2, -0.15) is 13.2 Å². The van der Waals surface area contributed by atoms with Gasteiger partial charge in [0.2, 0.25) is 5.82 Å². The fraction of sp³-hybridized carbons (Fsp3) is 0.250. The van der Waals surface area contributed by atoms with E-state index in [9.17, 15) is 13.2 Å². The zero-order valence-corrected chi connectivity index (χ0v) is 17.5. The molecule has 0 bridgehead atoms. The number of aryl methyl sites for hydroxylation is 1. The van der Waals surface area contributed by atoms with Crippen molar-refractivity contribution in [2.24, 2.45) is 0 Å². The number of hydrogen-bond donors (Lipinski definition) is 1. The van der Waals surface area contributed by atoms with E-state index in [1.54, 1.807) is 31.6 Å². The van der Waals surface area contributed by atoms with Crippen LogP contribution in [-0.4, -0.2) is 32.0 Å². The predicted octanol–water partition coefficient (Wildman–Crippen LogP) is 5.05. The van der Waals surface area contributed by atoms with Crippen LogP contribution >= 0.6 is 11.3 Å². The summed E-state index contributed by atoms with van der Waals surface area (Å²) in [5.41, 5.74) is 1.94. The van der Waals surface area contributed by atoms with E-state index < -0.39 is 18.0 Å². The number of fused-ring (bicyclic) bond motifs is 1. The Balaban J connectivity index is 1.71. The van der Waals surface area contributed by atoms with Gasteiger partial charge in [0.1, 0.15) is 28.4 Å². The molecule has 0 saturated carbocycles. The van der Waals surface area contributed by atoms with Gasteiger partial charge in [0, 0.05) is 40.0 Å². The van der Waals surface area contributed by atoms with Gasteiger partial charge in [0.05, 0.1) is 13.2 Å². The minimum Gasteiger partial charge on any atom is -0.494 e. The topological polar surface area (TPSA) is 85.7 Å². The second kappa shape index (κ2) is 8.06. The minimum atomic E-state index is -4.58. The van der Waals surface area contributed by atoms with Crippen LogP contribution in [0.3, 0.4) is 0 Å². The molecule has 0 aliphatic heterocycles. The van der Waals surface area contributed by atoms with E-state index in [1.807, 2.05) is 19.1 Å². The molecule has 11 heteroatoms. The van der Waals surface area contributed by atoms with Crippen LogP contribution in [0.25, 0.3) is 21.5 Å². The molecular weight excluding hydrogens is 429 g/mol. The van der Waals surface area contributed by atoms with Gasteiger partial charge in [-0.15, -0.1) is 11.3 Å². The van der Waals surface area contributed by atoms with E-state index in [2.05, 4.69) is 30.2 Å². The van der Waals surface area contributed by atoms with E-state index >= 15 is 0 Å². The molecule has 0 aliphatic rings. The van der Waals surface area contributed by atoms with Crippen LogP contribution in [0, 0.1) is 6.92 Å². The highest BCUT2D eigenvalue weighted by Crippen LogP contribution is 2.36. The lowest BCUT2D eigenvalue weighted by Crippen LogP contribution is -2.14. The lowest BCUT2D eigenvalue weighted by molar-refractivity contribution is -0.145. The lowest BCUT2D eigenvalue weighted by Gasteiger charge is -2.17. The average molecular weight is 446 g/mol. The summed E-state index contributed by atoms with van der Waals surface area (Å²) < 4.78 is 43.7. The second-order valence-corrected chi connectivity index (χ2v) is 8.01. The second-order valence-electron chi connectivity index (χ2n) is 6.78. The maximum Gasteiger partial charge on any atom is 0.451 e. The maximum atomic E-state index is 12.7. The Hall–Kier alpha value is -3.34. The van der Waals surface area contributed by atoms with Crippen LogP contribution in [-0.2, 0) is 6.18 Å². The Bertz CT molecular complexity index is 1230. The van der Waals surface area contributed by atoms with Gasteiger partial charge in [-0.25, -0.2) is 24.9 Å². The number of hydrogen-bond acceptors (Lipinski definition) is 8. The molecule has 31 heavy (non-hydrogen) atoms. The molecule has 3 aromatic heterocycles. The third-order valence-electron chi connectivity index (χ3n) is 4.57. The summed E-state index contributed by atoms with van der Waals surface area (Å²) in [5.74, 6) is -0.105. The summed E-state index contributed by atoms with van der Waals surface area (Å²) in [4.78, 5) is 21.0. The Kier molecular flexibility index (Phi) is 5.44. The van der Waals surface area contributed by atoms with Crippen LogP contribution < -0.4 is 10.1 Å².